The second kappa shape index (κ2) is 23.6. The van der Waals surface area contributed by atoms with Gasteiger partial charge in [0.1, 0.15) is 0 Å². The first-order valence-electron chi connectivity index (χ1n) is 16.4. The highest BCUT2D eigenvalue weighted by molar-refractivity contribution is 8.22. The van der Waals surface area contributed by atoms with Crippen molar-refractivity contribution in [3.8, 4) is 0 Å². The SMILES string of the molecule is CCCCCCCCCCCCSC(SCCCCCCCCCCCC)=C1CN(c2ccccc2)NC1=O. The molecule has 2 rings (SSSR count). The van der Waals surface area contributed by atoms with Crippen LogP contribution in [0.25, 0.3) is 0 Å². The summed E-state index contributed by atoms with van der Waals surface area (Å²) in [6.07, 6.45) is 27.3. The number of anilines is 1. The number of hydrazine groups is 1. The molecule has 1 saturated heterocycles. The highest BCUT2D eigenvalue weighted by Crippen LogP contribution is 2.36. The number of carbonyl (C=O) groups excluding carboxylic acids is 1. The number of rotatable bonds is 25. The Morgan fingerprint density at radius 2 is 1.05 bits per heavy atom. The van der Waals surface area contributed by atoms with Gasteiger partial charge in [-0.3, -0.25) is 15.2 Å². The summed E-state index contributed by atoms with van der Waals surface area (Å²) in [7, 11) is 0. The lowest BCUT2D eigenvalue weighted by atomic mass is 10.1. The van der Waals surface area contributed by atoms with Crippen LogP contribution >= 0.6 is 23.5 Å². The molecule has 222 valence electrons. The van der Waals surface area contributed by atoms with Gasteiger partial charge in [-0.2, -0.15) is 0 Å². The van der Waals surface area contributed by atoms with Gasteiger partial charge in [-0.05, 0) is 36.5 Å². The lowest BCUT2D eigenvalue weighted by Crippen LogP contribution is -2.32. The molecule has 0 aliphatic carbocycles. The third kappa shape index (κ3) is 16.1. The molecule has 1 heterocycles. The Bertz CT molecular complexity index is 740. The number of nitrogens with zero attached hydrogens (tertiary/aromatic N) is 1. The Morgan fingerprint density at radius 3 is 1.49 bits per heavy atom. The van der Waals surface area contributed by atoms with Crippen LogP contribution < -0.4 is 10.4 Å². The minimum atomic E-state index is 0.0833. The minimum Gasteiger partial charge on any atom is -0.281 e. The van der Waals surface area contributed by atoms with Crippen molar-refractivity contribution in [3.63, 3.8) is 0 Å². The van der Waals surface area contributed by atoms with E-state index in [0.717, 1.165) is 22.8 Å². The van der Waals surface area contributed by atoms with Gasteiger partial charge in [0, 0.05) is 0 Å². The van der Waals surface area contributed by atoms with Crippen molar-refractivity contribution in [3.05, 3.63) is 40.1 Å². The number of benzene rings is 1. The number of thioether (sulfide) groups is 2. The highest BCUT2D eigenvalue weighted by Gasteiger charge is 2.28. The Labute approximate surface area is 250 Å². The number of hydrogen-bond acceptors (Lipinski definition) is 4. The van der Waals surface area contributed by atoms with Gasteiger partial charge in [-0.15, -0.1) is 23.5 Å². The van der Waals surface area contributed by atoms with Gasteiger partial charge in [0.25, 0.3) is 5.91 Å². The van der Waals surface area contributed by atoms with Gasteiger partial charge < -0.3 is 0 Å². The fourth-order valence-corrected chi connectivity index (χ4v) is 7.67. The summed E-state index contributed by atoms with van der Waals surface area (Å²) in [4.78, 5) is 13.0. The average molecular weight is 575 g/mol. The number of amides is 1. The number of para-hydroxylation sites is 1. The Balaban J connectivity index is 1.72. The molecule has 0 aromatic heterocycles. The molecular weight excluding hydrogens is 517 g/mol. The Hall–Kier alpha value is -1.07. The van der Waals surface area contributed by atoms with Gasteiger partial charge in [-0.1, -0.05) is 148 Å². The summed E-state index contributed by atoms with van der Waals surface area (Å²) in [5.41, 5.74) is 5.12. The number of hydrogen-bond donors (Lipinski definition) is 1. The summed E-state index contributed by atoms with van der Waals surface area (Å²) >= 11 is 3.87. The van der Waals surface area contributed by atoms with Crippen LogP contribution in [0, 0.1) is 0 Å². The van der Waals surface area contributed by atoms with Gasteiger partial charge >= 0.3 is 0 Å². The summed E-state index contributed by atoms with van der Waals surface area (Å²) < 4.78 is 1.26. The molecule has 1 aliphatic heterocycles. The quantitative estimate of drug-likeness (QED) is 0.0929. The summed E-state index contributed by atoms with van der Waals surface area (Å²) in [5, 5.41) is 2.00. The van der Waals surface area contributed by atoms with E-state index in [1.807, 2.05) is 46.7 Å². The third-order valence-corrected chi connectivity index (χ3v) is 10.3. The Kier molecular flexibility index (Phi) is 20.7. The molecule has 1 amide bonds. The maximum atomic E-state index is 13.0. The van der Waals surface area contributed by atoms with E-state index in [2.05, 4.69) is 31.4 Å². The molecule has 5 heteroatoms. The lowest BCUT2D eigenvalue weighted by Gasteiger charge is -2.16. The largest absolute Gasteiger partial charge is 0.281 e. The second-order valence-electron chi connectivity index (χ2n) is 11.2. The van der Waals surface area contributed by atoms with Crippen LogP contribution in [0.4, 0.5) is 5.69 Å². The molecule has 0 unspecified atom stereocenters. The first kappa shape index (κ1) is 34.1. The minimum absolute atomic E-state index is 0.0833. The molecular formula is C34H58N2OS2. The zero-order valence-electron chi connectivity index (χ0n) is 25.3. The van der Waals surface area contributed by atoms with Gasteiger partial charge in [0.2, 0.25) is 0 Å². The van der Waals surface area contributed by atoms with Gasteiger partial charge in [-0.25, -0.2) is 0 Å². The normalized spacial score (nSPS) is 13.3. The van der Waals surface area contributed by atoms with Crippen LogP contribution in [0.1, 0.15) is 142 Å². The van der Waals surface area contributed by atoms with Crippen LogP contribution in [0.15, 0.2) is 40.1 Å². The van der Waals surface area contributed by atoms with E-state index in [0.29, 0.717) is 6.54 Å². The van der Waals surface area contributed by atoms with E-state index in [4.69, 9.17) is 0 Å². The van der Waals surface area contributed by atoms with E-state index in [1.54, 1.807) is 0 Å². The van der Waals surface area contributed by atoms with Crippen molar-refractivity contribution in [2.45, 2.75) is 142 Å². The number of nitrogens with one attached hydrogen (secondary N) is 1. The first-order valence-corrected chi connectivity index (χ1v) is 18.4. The van der Waals surface area contributed by atoms with Gasteiger partial charge in [0.15, 0.2) is 0 Å². The van der Waals surface area contributed by atoms with Gasteiger partial charge in [0.05, 0.1) is 22.0 Å². The summed E-state index contributed by atoms with van der Waals surface area (Å²) in [6, 6.07) is 10.2. The smallest absolute Gasteiger partial charge is 0.269 e. The molecule has 39 heavy (non-hydrogen) atoms. The second-order valence-corrected chi connectivity index (χ2v) is 13.7. The molecule has 1 N–H and O–H groups in total. The summed E-state index contributed by atoms with van der Waals surface area (Å²) in [6.45, 7) is 5.23. The molecule has 0 radical (unpaired) electrons. The average Bonchev–Trinajstić information content (AvgIpc) is 3.35. The number of carbonyl (C=O) groups is 1. The topological polar surface area (TPSA) is 32.3 Å². The standard InChI is InChI=1S/C34H58N2OS2/c1-3-5-7-9-11-13-15-17-19-24-28-38-34(39-29-25-20-18-16-14-12-10-8-6-4-2)32-30-36(35-33(32)37)31-26-22-21-23-27-31/h21-23,26-27H,3-20,24-25,28-30H2,1-2H3,(H,35,37). The molecule has 1 fully saturated rings. The van der Waals surface area contributed by atoms with Crippen LogP contribution in [-0.4, -0.2) is 24.0 Å². The third-order valence-electron chi connectivity index (χ3n) is 7.60. The molecule has 1 aromatic rings. The fraction of sp³-hybridized carbons (Fsp3) is 0.735. The van der Waals surface area contributed by atoms with Crippen molar-refractivity contribution < 1.29 is 4.79 Å². The van der Waals surface area contributed by atoms with E-state index in [-0.39, 0.29) is 5.91 Å². The van der Waals surface area contributed by atoms with Crippen molar-refractivity contribution in [1.82, 2.24) is 5.43 Å². The van der Waals surface area contributed by atoms with E-state index < -0.39 is 0 Å². The van der Waals surface area contributed by atoms with E-state index in [9.17, 15) is 4.79 Å². The molecule has 0 saturated carbocycles. The molecule has 0 bridgehead atoms. The van der Waals surface area contributed by atoms with Crippen LogP contribution in [0.3, 0.4) is 0 Å². The monoisotopic (exact) mass is 574 g/mol. The predicted octanol–water partition coefficient (Wildman–Crippen LogP) is 11.1. The molecule has 0 spiro atoms. The van der Waals surface area contributed by atoms with Crippen molar-refractivity contribution >= 4 is 35.1 Å². The van der Waals surface area contributed by atoms with E-state index in [1.165, 1.54) is 133 Å². The lowest BCUT2D eigenvalue weighted by molar-refractivity contribution is -0.116. The van der Waals surface area contributed by atoms with Crippen LogP contribution in [0.5, 0.6) is 0 Å². The highest BCUT2D eigenvalue weighted by atomic mass is 32.2. The zero-order valence-corrected chi connectivity index (χ0v) is 27.0. The zero-order chi connectivity index (χ0) is 27.8. The van der Waals surface area contributed by atoms with Crippen molar-refractivity contribution in [1.29, 1.82) is 0 Å². The van der Waals surface area contributed by atoms with E-state index >= 15 is 0 Å². The van der Waals surface area contributed by atoms with Crippen LogP contribution in [-0.2, 0) is 4.79 Å². The molecule has 3 nitrogen and oxygen atoms in total. The van der Waals surface area contributed by atoms with Crippen molar-refractivity contribution in [2.75, 3.05) is 23.1 Å². The maximum Gasteiger partial charge on any atom is 0.269 e. The Morgan fingerprint density at radius 1 is 0.641 bits per heavy atom. The van der Waals surface area contributed by atoms with Crippen LogP contribution in [0.2, 0.25) is 0 Å². The first-order chi connectivity index (χ1) is 19.3. The fourth-order valence-electron chi connectivity index (χ4n) is 5.11. The molecule has 0 atom stereocenters. The molecule has 1 aromatic carbocycles. The maximum absolute atomic E-state index is 13.0. The molecule has 1 aliphatic rings. The number of unbranched alkanes of at least 4 members (excludes halogenated alkanes) is 18. The summed E-state index contributed by atoms with van der Waals surface area (Å²) in [5.74, 6) is 2.33. The van der Waals surface area contributed by atoms with Crippen molar-refractivity contribution in [2.24, 2.45) is 0 Å². The predicted molar refractivity (Wildman–Crippen MR) is 178 cm³/mol.